The summed E-state index contributed by atoms with van der Waals surface area (Å²) in [6, 6.07) is 0. The summed E-state index contributed by atoms with van der Waals surface area (Å²) in [4.78, 5) is 42.6. The number of carbonyl (C=O) groups excluding carboxylic acids is 2. The Balaban J connectivity index is 4.11. The number of rotatable bonds is 32. The average Bonchev–Trinajstić information content (AvgIpc) is 3.05. The number of carbonyl (C=O) groups is 2. The number of phosphoric ester groups is 1. The monoisotopic (exact) mass is 710 g/mol. The summed E-state index contributed by atoms with van der Waals surface area (Å²) in [6.07, 6.45) is 36.2. The fourth-order valence-corrected chi connectivity index (χ4v) is 5.08. The molecule has 49 heavy (non-hydrogen) atoms. The fraction of sp³-hybridized carbons (Fsp3) is 0.692. The summed E-state index contributed by atoms with van der Waals surface area (Å²) >= 11 is 0. The van der Waals surface area contributed by atoms with E-state index in [2.05, 4.69) is 42.7 Å². The van der Waals surface area contributed by atoms with Crippen LogP contribution in [0.4, 0.5) is 0 Å². The second-order valence-electron chi connectivity index (χ2n) is 12.9. The number of hydrogen-bond acceptors (Lipinski definition) is 7. The molecule has 0 heterocycles. The van der Waals surface area contributed by atoms with E-state index in [9.17, 15) is 19.3 Å². The Bertz CT molecular complexity index is 1010. The van der Waals surface area contributed by atoms with E-state index in [0.29, 0.717) is 25.7 Å². The Hall–Kier alpha value is -2.29. The molecule has 10 heteroatoms. The number of unbranched alkanes of at least 4 members (excludes halogenated alkanes) is 10. The van der Waals surface area contributed by atoms with Crippen molar-refractivity contribution in [2.24, 2.45) is 5.92 Å². The quantitative estimate of drug-likeness (QED) is 0.0205. The highest BCUT2D eigenvalue weighted by Gasteiger charge is 2.22. The highest BCUT2D eigenvalue weighted by Crippen LogP contribution is 2.36. The molecule has 0 aliphatic heterocycles. The zero-order chi connectivity index (χ0) is 36.4. The predicted octanol–water partition coefficient (Wildman–Crippen LogP) is 9.78. The Morgan fingerprint density at radius 3 is 1.78 bits per heavy atom. The molecule has 0 spiro atoms. The van der Waals surface area contributed by atoms with Crippen LogP contribution in [-0.2, 0) is 28.2 Å². The van der Waals surface area contributed by atoms with Gasteiger partial charge in [0.25, 0.3) is 0 Å². The maximum Gasteiger partial charge on any atom is 0.469 e. The minimum Gasteiger partial charge on any atom is -0.462 e. The fourth-order valence-electron chi connectivity index (χ4n) is 4.72. The number of hydrogen-bond donors (Lipinski definition) is 3. The number of ether oxygens (including phenoxy) is 2. The molecule has 0 saturated heterocycles. The second-order valence-corrected chi connectivity index (χ2v) is 14.1. The molecular formula is C39H67O9P. The van der Waals surface area contributed by atoms with Crippen molar-refractivity contribution in [3.05, 3.63) is 60.8 Å². The van der Waals surface area contributed by atoms with E-state index in [1.165, 1.54) is 44.9 Å². The van der Waals surface area contributed by atoms with Crippen LogP contribution < -0.4 is 0 Å². The van der Waals surface area contributed by atoms with Gasteiger partial charge in [0.2, 0.25) is 0 Å². The Morgan fingerprint density at radius 2 is 1.20 bits per heavy atom. The van der Waals surface area contributed by atoms with E-state index >= 15 is 0 Å². The van der Waals surface area contributed by atoms with Gasteiger partial charge in [-0.2, -0.15) is 0 Å². The third-order valence-corrected chi connectivity index (χ3v) is 8.12. The first kappa shape index (κ1) is 46.7. The number of aliphatic hydroxyl groups excluding tert-OH is 1. The van der Waals surface area contributed by atoms with Crippen LogP contribution in [0.1, 0.15) is 143 Å². The number of esters is 2. The van der Waals surface area contributed by atoms with Crippen LogP contribution in [0.5, 0.6) is 0 Å². The first-order valence-electron chi connectivity index (χ1n) is 18.5. The lowest BCUT2D eigenvalue weighted by atomic mass is 10.0. The van der Waals surface area contributed by atoms with Crippen LogP contribution in [0, 0.1) is 5.92 Å². The molecule has 0 aromatic rings. The smallest absolute Gasteiger partial charge is 0.462 e. The lowest BCUT2D eigenvalue weighted by Gasteiger charge is -2.18. The van der Waals surface area contributed by atoms with Crippen LogP contribution in [0.3, 0.4) is 0 Å². The normalized spacial score (nSPS) is 13.9. The molecule has 0 amide bonds. The van der Waals surface area contributed by atoms with Crippen LogP contribution in [0.15, 0.2) is 60.8 Å². The van der Waals surface area contributed by atoms with Gasteiger partial charge < -0.3 is 24.4 Å². The molecule has 0 aromatic heterocycles. The molecule has 3 N–H and O–H groups in total. The van der Waals surface area contributed by atoms with E-state index in [4.69, 9.17) is 19.3 Å². The van der Waals surface area contributed by atoms with Crippen LogP contribution in [0.25, 0.3) is 0 Å². The minimum atomic E-state index is -4.77. The SMILES string of the molecule is CC[C@H](O)/C=C/C=C\C/C=C\C/C=C\C/C=C\CCCC(=O)OC[C@H](COP(=O)(O)O)OC(=O)CCCCCCCCCCCCC(C)C. The highest BCUT2D eigenvalue weighted by atomic mass is 31.2. The summed E-state index contributed by atoms with van der Waals surface area (Å²) < 4.78 is 26.2. The standard InChI is InChI=1S/C39H67O9P/c1-4-36(40)30-26-22-18-14-9-7-5-6-8-10-15-19-23-27-31-38(41)46-33-37(34-47-49(43,44)45)48-39(42)32-28-24-20-16-12-11-13-17-21-25-29-35(2)3/h6-9,15,18-19,22,26,30,35-37,40H,4-5,10-14,16-17,20-21,23-25,27-29,31-34H2,1-3H3,(H2,43,44,45)/b8-6-,9-7-,19-15-,22-18-,30-26+/t36-,37+/m0/s1. The van der Waals surface area contributed by atoms with E-state index in [1.54, 1.807) is 6.08 Å². The number of phosphoric acid groups is 1. The molecule has 0 saturated carbocycles. The molecule has 2 atom stereocenters. The Labute approximate surface area is 297 Å². The van der Waals surface area contributed by atoms with Crippen LogP contribution in [-0.4, -0.2) is 52.3 Å². The first-order valence-corrected chi connectivity index (χ1v) is 20.1. The molecule has 0 aliphatic rings. The van der Waals surface area contributed by atoms with Gasteiger partial charge >= 0.3 is 19.8 Å². The zero-order valence-corrected chi connectivity index (χ0v) is 31.5. The van der Waals surface area contributed by atoms with Crippen LogP contribution >= 0.6 is 7.82 Å². The molecule has 0 aromatic carbocycles. The zero-order valence-electron chi connectivity index (χ0n) is 30.6. The van der Waals surface area contributed by atoms with Crippen molar-refractivity contribution in [1.29, 1.82) is 0 Å². The molecule has 0 aliphatic carbocycles. The lowest BCUT2D eigenvalue weighted by molar-refractivity contribution is -0.161. The van der Waals surface area contributed by atoms with E-state index in [-0.39, 0.29) is 25.6 Å². The number of allylic oxidation sites excluding steroid dienone is 9. The highest BCUT2D eigenvalue weighted by molar-refractivity contribution is 7.46. The molecule has 0 unspecified atom stereocenters. The molecular weight excluding hydrogens is 643 g/mol. The molecule has 0 bridgehead atoms. The van der Waals surface area contributed by atoms with Gasteiger partial charge in [-0.1, -0.05) is 146 Å². The summed E-state index contributed by atoms with van der Waals surface area (Å²) in [5, 5.41) is 9.44. The molecule has 0 radical (unpaired) electrons. The molecule has 0 rings (SSSR count). The maximum atomic E-state index is 12.3. The van der Waals surface area contributed by atoms with Gasteiger partial charge in [0.15, 0.2) is 6.10 Å². The van der Waals surface area contributed by atoms with Crippen molar-refractivity contribution >= 4 is 19.8 Å². The summed E-state index contributed by atoms with van der Waals surface area (Å²) in [7, 11) is -4.77. The maximum absolute atomic E-state index is 12.3. The topological polar surface area (TPSA) is 140 Å². The summed E-state index contributed by atoms with van der Waals surface area (Å²) in [5.74, 6) is -0.189. The third kappa shape index (κ3) is 36.8. The largest absolute Gasteiger partial charge is 0.469 e. The Morgan fingerprint density at radius 1 is 0.673 bits per heavy atom. The second kappa shape index (κ2) is 32.9. The van der Waals surface area contributed by atoms with Gasteiger partial charge in [-0.25, -0.2) is 4.57 Å². The molecule has 282 valence electrons. The van der Waals surface area contributed by atoms with Gasteiger partial charge in [-0.3, -0.25) is 14.1 Å². The van der Waals surface area contributed by atoms with Crippen molar-refractivity contribution in [3.8, 4) is 0 Å². The third-order valence-electron chi connectivity index (χ3n) is 7.64. The van der Waals surface area contributed by atoms with Gasteiger partial charge in [0, 0.05) is 12.8 Å². The number of aliphatic hydroxyl groups is 1. The average molecular weight is 711 g/mol. The van der Waals surface area contributed by atoms with E-state index in [1.807, 2.05) is 37.3 Å². The van der Waals surface area contributed by atoms with Crippen LogP contribution in [0.2, 0.25) is 0 Å². The molecule has 0 fully saturated rings. The first-order chi connectivity index (χ1) is 23.5. The van der Waals surface area contributed by atoms with Crippen molar-refractivity contribution in [3.63, 3.8) is 0 Å². The van der Waals surface area contributed by atoms with Gasteiger partial charge in [0.1, 0.15) is 6.61 Å². The van der Waals surface area contributed by atoms with Crippen molar-refractivity contribution in [1.82, 2.24) is 0 Å². The van der Waals surface area contributed by atoms with Gasteiger partial charge in [-0.05, 0) is 50.9 Å². The lowest BCUT2D eigenvalue weighted by Crippen LogP contribution is -2.29. The van der Waals surface area contributed by atoms with Crippen molar-refractivity contribution in [2.45, 2.75) is 155 Å². The summed E-state index contributed by atoms with van der Waals surface area (Å²) in [6.45, 7) is 5.58. The van der Waals surface area contributed by atoms with Crippen molar-refractivity contribution in [2.75, 3.05) is 13.2 Å². The van der Waals surface area contributed by atoms with Crippen molar-refractivity contribution < 1.29 is 43.0 Å². The summed E-state index contributed by atoms with van der Waals surface area (Å²) in [5.41, 5.74) is 0. The van der Waals surface area contributed by atoms with Gasteiger partial charge in [0.05, 0.1) is 12.7 Å². The predicted molar refractivity (Wildman–Crippen MR) is 199 cm³/mol. The molecule has 9 nitrogen and oxygen atoms in total. The van der Waals surface area contributed by atoms with E-state index in [0.717, 1.165) is 44.4 Å². The van der Waals surface area contributed by atoms with E-state index < -0.39 is 32.5 Å². The van der Waals surface area contributed by atoms with Gasteiger partial charge in [-0.15, -0.1) is 0 Å². The Kier molecular flexibility index (Phi) is 31.4. The minimum absolute atomic E-state index is 0.173.